The van der Waals surface area contributed by atoms with Crippen LogP contribution in [0.25, 0.3) is 0 Å². The molecule has 0 amide bonds. The molecule has 5 N–H and O–H groups in total. The Morgan fingerprint density at radius 2 is 0.769 bits per heavy atom. The Bertz CT molecular complexity index is 1830. The van der Waals surface area contributed by atoms with E-state index in [1.165, 1.54) is 75.5 Å². The Morgan fingerprint density at radius 3 is 1.06 bits per heavy atom. The summed E-state index contributed by atoms with van der Waals surface area (Å²) >= 11 is 3.58. The first-order valence-electron chi connectivity index (χ1n) is 23.7. The maximum absolute atomic E-state index is 13.3. The van der Waals surface area contributed by atoms with Crippen molar-refractivity contribution in [3.05, 3.63) is 43.1 Å². The van der Waals surface area contributed by atoms with Gasteiger partial charge in [0.25, 0.3) is 0 Å². The predicted molar refractivity (Wildman–Crippen MR) is 270 cm³/mol. The van der Waals surface area contributed by atoms with E-state index in [4.69, 9.17) is 45.5 Å². The van der Waals surface area contributed by atoms with E-state index in [-0.39, 0.29) is 74.8 Å². The number of nitrogen functional groups attached to an aromatic ring is 2. The predicted octanol–water partition coefficient (Wildman–Crippen LogP) is 13.0. The number of nitrogens with zero attached hydrogens (tertiary/aromatic N) is 2. The fourth-order valence-electron chi connectivity index (χ4n) is 7.05. The SMILES string of the molecule is CC(C)O.CCCCCCCCCCc1c(/C=N/c2sc(N)c(C(=O)OCC)c2C(=O)OCC)sc(/C=N/c2sc(N)c(C(=O)OCC)c2C(=O)OCC)c1CCCCCCCCCC. The van der Waals surface area contributed by atoms with Crippen LogP contribution < -0.4 is 11.5 Å². The first-order valence-corrected chi connectivity index (χ1v) is 26.2. The van der Waals surface area contributed by atoms with Gasteiger partial charge in [-0.05, 0) is 78.4 Å². The molecule has 0 fully saturated rings. The van der Waals surface area contributed by atoms with Crippen molar-refractivity contribution in [1.82, 2.24) is 0 Å². The Labute approximate surface area is 399 Å². The molecule has 13 nitrogen and oxygen atoms in total. The number of hydrogen-bond donors (Lipinski definition) is 3. The topological polar surface area (TPSA) is 202 Å². The standard InChI is InChI=1S/C46H68N4O8S3.C3H8O/c1-7-13-15-17-19-21-23-25-27-31-32(28-26-24-22-20-18-16-14-8-2)34(30-50-42-38(46(54)58-12-6)36(40(48)61-42)44(52)56-10-4)59-33(31)29-49-41-37(45(53)57-11-5)35(39(47)60-41)43(51)55-9-3;1-3(2)4/h29-30H,7-28,47-48H2,1-6H3;3-4H,1-2H3/b49-29+,50-30+;. The number of ether oxygens (including phenoxy) is 4. The maximum atomic E-state index is 13.3. The number of carbonyl (C=O) groups is 4. The van der Waals surface area contributed by atoms with Gasteiger partial charge in [-0.2, -0.15) is 0 Å². The van der Waals surface area contributed by atoms with Crippen LogP contribution in [0.4, 0.5) is 20.0 Å². The zero-order chi connectivity index (χ0) is 48.1. The summed E-state index contributed by atoms with van der Waals surface area (Å²) in [6, 6.07) is 0. The summed E-state index contributed by atoms with van der Waals surface area (Å²) in [5.41, 5.74) is 14.9. The molecule has 0 aromatic carbocycles. The Morgan fingerprint density at radius 1 is 0.492 bits per heavy atom. The number of aliphatic hydroxyl groups excluding tert-OH is 1. The number of carbonyl (C=O) groups excluding carboxylic acids is 4. The molecule has 0 radical (unpaired) electrons. The van der Waals surface area contributed by atoms with Crippen LogP contribution in [0.3, 0.4) is 0 Å². The summed E-state index contributed by atoms with van der Waals surface area (Å²) in [6.07, 6.45) is 23.8. The first-order chi connectivity index (χ1) is 31.3. The van der Waals surface area contributed by atoms with Gasteiger partial charge >= 0.3 is 23.9 Å². The lowest BCUT2D eigenvalue weighted by Crippen LogP contribution is -2.13. The lowest BCUT2D eigenvalue weighted by molar-refractivity contribution is 0.0481. The Hall–Kier alpha value is -4.12. The summed E-state index contributed by atoms with van der Waals surface area (Å²) in [7, 11) is 0. The molecule has 16 heteroatoms. The average Bonchev–Trinajstić information content (AvgIpc) is 3.90. The Kier molecular flexibility index (Phi) is 28.5. The van der Waals surface area contributed by atoms with E-state index in [0.717, 1.165) is 94.9 Å². The average molecular weight is 961 g/mol. The second kappa shape index (κ2) is 32.5. The van der Waals surface area contributed by atoms with Gasteiger partial charge in [-0.3, -0.25) is 0 Å². The van der Waals surface area contributed by atoms with Crippen LogP contribution in [-0.4, -0.2) is 73.9 Å². The number of nitrogens with two attached hydrogens (primary N) is 2. The lowest BCUT2D eigenvalue weighted by Gasteiger charge is -2.09. The quantitative estimate of drug-likeness (QED) is 0.0248. The van der Waals surface area contributed by atoms with Crippen LogP contribution >= 0.6 is 34.0 Å². The van der Waals surface area contributed by atoms with Crippen molar-refractivity contribution in [3.8, 4) is 0 Å². The molecule has 3 aromatic heterocycles. The molecule has 0 saturated heterocycles. The fraction of sp³-hybridized carbons (Fsp3) is 0.633. The van der Waals surface area contributed by atoms with Crippen LogP contribution in [0.5, 0.6) is 0 Å². The molecule has 0 spiro atoms. The second-order valence-corrected chi connectivity index (χ2v) is 18.9. The van der Waals surface area contributed by atoms with Gasteiger partial charge in [0.1, 0.15) is 42.3 Å². The van der Waals surface area contributed by atoms with Gasteiger partial charge in [0, 0.05) is 28.3 Å². The molecular weight excluding hydrogens is 885 g/mol. The van der Waals surface area contributed by atoms with Crippen molar-refractivity contribution in [2.75, 3.05) is 37.9 Å². The van der Waals surface area contributed by atoms with E-state index in [9.17, 15) is 19.2 Å². The molecule has 65 heavy (non-hydrogen) atoms. The van der Waals surface area contributed by atoms with Gasteiger partial charge in [-0.25, -0.2) is 29.2 Å². The van der Waals surface area contributed by atoms with Gasteiger partial charge in [0.15, 0.2) is 0 Å². The number of aliphatic imine (C=N–C) groups is 2. The molecule has 0 unspecified atom stereocenters. The van der Waals surface area contributed by atoms with Crippen LogP contribution in [0.2, 0.25) is 0 Å². The highest BCUT2D eigenvalue weighted by Gasteiger charge is 2.31. The maximum Gasteiger partial charge on any atom is 0.342 e. The largest absolute Gasteiger partial charge is 0.462 e. The third kappa shape index (κ3) is 19.3. The zero-order valence-electron chi connectivity index (χ0n) is 40.3. The third-order valence-corrected chi connectivity index (χ3v) is 13.1. The minimum Gasteiger partial charge on any atom is -0.462 e. The molecule has 0 aliphatic rings. The van der Waals surface area contributed by atoms with Crippen molar-refractivity contribution in [2.45, 2.75) is 177 Å². The summed E-state index contributed by atoms with van der Waals surface area (Å²) < 4.78 is 21.2. The van der Waals surface area contributed by atoms with E-state index >= 15 is 0 Å². The summed E-state index contributed by atoms with van der Waals surface area (Å²) in [5.74, 6) is -2.81. The minimum absolute atomic E-state index is 0.0136. The molecule has 0 atom stereocenters. The van der Waals surface area contributed by atoms with E-state index in [1.807, 2.05) is 0 Å². The van der Waals surface area contributed by atoms with Crippen LogP contribution in [0.15, 0.2) is 9.98 Å². The number of esters is 4. The number of anilines is 2. The Balaban J connectivity index is 0.00000348. The van der Waals surface area contributed by atoms with Crippen molar-refractivity contribution < 1.29 is 43.2 Å². The van der Waals surface area contributed by atoms with E-state index in [2.05, 4.69) is 13.8 Å². The molecule has 3 heterocycles. The second-order valence-electron chi connectivity index (χ2n) is 15.8. The van der Waals surface area contributed by atoms with Crippen molar-refractivity contribution in [2.24, 2.45) is 9.98 Å². The highest BCUT2D eigenvalue weighted by Crippen LogP contribution is 2.41. The van der Waals surface area contributed by atoms with Gasteiger partial charge in [0.2, 0.25) is 0 Å². The summed E-state index contributed by atoms with van der Waals surface area (Å²) in [4.78, 5) is 64.0. The minimum atomic E-state index is -0.707. The number of hydrogen-bond acceptors (Lipinski definition) is 16. The van der Waals surface area contributed by atoms with E-state index < -0.39 is 23.9 Å². The van der Waals surface area contributed by atoms with Gasteiger partial charge in [-0.15, -0.1) is 11.3 Å². The monoisotopic (exact) mass is 960 g/mol. The van der Waals surface area contributed by atoms with Gasteiger partial charge in [-0.1, -0.05) is 126 Å². The van der Waals surface area contributed by atoms with Gasteiger partial charge < -0.3 is 35.5 Å². The van der Waals surface area contributed by atoms with Crippen molar-refractivity contribution >= 4 is 90.3 Å². The van der Waals surface area contributed by atoms with Gasteiger partial charge in [0.05, 0.1) is 26.4 Å². The highest BCUT2D eigenvalue weighted by atomic mass is 32.1. The lowest BCUT2D eigenvalue weighted by atomic mass is 9.96. The molecule has 3 aromatic rings. The number of thiophene rings is 3. The van der Waals surface area contributed by atoms with Crippen LogP contribution in [0, 0.1) is 0 Å². The summed E-state index contributed by atoms with van der Waals surface area (Å²) in [5, 5.41) is 8.81. The molecule has 0 aliphatic carbocycles. The highest BCUT2D eigenvalue weighted by molar-refractivity contribution is 7.21. The number of rotatable bonds is 30. The first kappa shape index (κ1) is 57.0. The molecule has 3 rings (SSSR count). The fourth-order valence-corrected chi connectivity index (χ4v) is 9.98. The molecular formula is C49H76N4O9S3. The molecule has 364 valence electrons. The number of unbranched alkanes of at least 4 members (excludes halogenated alkanes) is 14. The van der Waals surface area contributed by atoms with Crippen molar-refractivity contribution in [3.63, 3.8) is 0 Å². The normalized spacial score (nSPS) is 11.4. The van der Waals surface area contributed by atoms with E-state index in [1.54, 1.807) is 54.0 Å². The van der Waals surface area contributed by atoms with Crippen molar-refractivity contribution in [1.29, 1.82) is 0 Å². The zero-order valence-corrected chi connectivity index (χ0v) is 42.7. The van der Waals surface area contributed by atoms with Crippen LogP contribution in [0.1, 0.15) is 220 Å². The smallest absolute Gasteiger partial charge is 0.342 e. The van der Waals surface area contributed by atoms with E-state index in [0.29, 0.717) is 0 Å². The molecule has 0 aliphatic heterocycles. The molecule has 0 saturated carbocycles. The van der Waals surface area contributed by atoms with Crippen LogP contribution in [-0.2, 0) is 31.8 Å². The molecule has 0 bridgehead atoms. The third-order valence-electron chi connectivity index (χ3n) is 10.1. The summed E-state index contributed by atoms with van der Waals surface area (Å²) in [6.45, 7) is 15.1. The number of aliphatic hydroxyl groups is 1.